The number of piperidine rings is 1. The van der Waals surface area contributed by atoms with Crippen molar-refractivity contribution in [1.82, 2.24) is 14.7 Å². The van der Waals surface area contributed by atoms with Crippen LogP contribution in [-0.4, -0.2) is 77.1 Å². The van der Waals surface area contributed by atoms with Crippen LogP contribution in [0.1, 0.15) is 51.5 Å². The van der Waals surface area contributed by atoms with Crippen molar-refractivity contribution in [3.8, 4) is 0 Å². The van der Waals surface area contributed by atoms with E-state index in [-0.39, 0.29) is 31.3 Å². The summed E-state index contributed by atoms with van der Waals surface area (Å²) in [6, 6.07) is 19.8. The summed E-state index contributed by atoms with van der Waals surface area (Å²) >= 11 is 0. The van der Waals surface area contributed by atoms with Gasteiger partial charge in [-0.1, -0.05) is 60.7 Å². The molecule has 0 aliphatic carbocycles. The van der Waals surface area contributed by atoms with Gasteiger partial charge in [-0.05, 0) is 48.6 Å². The van der Waals surface area contributed by atoms with Crippen LogP contribution >= 0.6 is 0 Å². The van der Waals surface area contributed by atoms with Crippen LogP contribution in [0.5, 0.6) is 0 Å². The van der Waals surface area contributed by atoms with Crippen molar-refractivity contribution in [2.75, 3.05) is 39.3 Å². The lowest BCUT2D eigenvalue weighted by molar-refractivity contribution is -0.143. The van der Waals surface area contributed by atoms with Gasteiger partial charge in [-0.3, -0.25) is 14.6 Å². The molecule has 0 aromatic heterocycles. The van der Waals surface area contributed by atoms with Gasteiger partial charge in [0, 0.05) is 50.4 Å². The van der Waals surface area contributed by atoms with E-state index in [1.165, 1.54) is 4.90 Å². The molecule has 44 heavy (non-hydrogen) atoms. The monoisotopic (exact) mass is 619 g/mol. The van der Waals surface area contributed by atoms with Gasteiger partial charge >= 0.3 is 12.4 Å². The highest BCUT2D eigenvalue weighted by atomic mass is 19.4. The first kappa shape index (κ1) is 32.0. The molecule has 2 saturated heterocycles. The number of carbonyl (C=O) groups is 1. The van der Waals surface area contributed by atoms with Crippen LogP contribution < -0.4 is 0 Å². The Balaban J connectivity index is 1.34. The van der Waals surface area contributed by atoms with Gasteiger partial charge in [0.05, 0.1) is 23.8 Å². The molecule has 5 rings (SSSR count). The zero-order valence-corrected chi connectivity index (χ0v) is 24.1. The molecule has 0 radical (unpaired) electrons. The Morgan fingerprint density at radius 1 is 0.795 bits per heavy atom. The van der Waals surface area contributed by atoms with E-state index in [1.807, 2.05) is 60.7 Å². The molecule has 2 aliphatic rings. The van der Waals surface area contributed by atoms with Crippen molar-refractivity contribution in [3.63, 3.8) is 0 Å². The van der Waals surface area contributed by atoms with Crippen molar-refractivity contribution in [3.05, 3.63) is 107 Å². The van der Waals surface area contributed by atoms with E-state index in [0.29, 0.717) is 31.4 Å². The molecular formula is C33H35F6N3O2. The molecule has 1 unspecified atom stereocenters. The highest BCUT2D eigenvalue weighted by molar-refractivity contribution is 5.95. The van der Waals surface area contributed by atoms with E-state index in [0.717, 1.165) is 37.3 Å². The Morgan fingerprint density at radius 3 is 1.91 bits per heavy atom. The first-order valence-electron chi connectivity index (χ1n) is 14.7. The van der Waals surface area contributed by atoms with Crippen molar-refractivity contribution in [1.29, 1.82) is 0 Å². The lowest BCUT2D eigenvalue weighted by Gasteiger charge is -2.47. The van der Waals surface area contributed by atoms with Crippen LogP contribution in [0.3, 0.4) is 0 Å². The molecule has 0 spiro atoms. The van der Waals surface area contributed by atoms with Crippen LogP contribution in [0, 0.1) is 0 Å². The number of rotatable bonds is 7. The number of likely N-dealkylation sites (tertiary alicyclic amines) is 1. The van der Waals surface area contributed by atoms with Crippen molar-refractivity contribution < 1.29 is 36.2 Å². The van der Waals surface area contributed by atoms with Crippen LogP contribution in [0.4, 0.5) is 26.3 Å². The molecule has 1 amide bonds. The molecule has 5 nitrogen and oxygen atoms in total. The zero-order valence-electron chi connectivity index (χ0n) is 24.1. The predicted molar refractivity (Wildman–Crippen MR) is 154 cm³/mol. The molecule has 2 heterocycles. The van der Waals surface area contributed by atoms with Gasteiger partial charge in [-0.15, -0.1) is 0 Å². The predicted octanol–water partition coefficient (Wildman–Crippen LogP) is 6.29. The van der Waals surface area contributed by atoms with Gasteiger partial charge in [0.25, 0.3) is 5.91 Å². The largest absolute Gasteiger partial charge is 0.416 e. The molecule has 2 fully saturated rings. The maximum absolute atomic E-state index is 13.7. The number of piperazine rings is 1. The lowest BCUT2D eigenvalue weighted by atomic mass is 9.90. The summed E-state index contributed by atoms with van der Waals surface area (Å²) in [5, 5.41) is 10.1. The Labute approximate surface area is 252 Å². The lowest BCUT2D eigenvalue weighted by Crippen LogP contribution is -2.57. The second-order valence-electron chi connectivity index (χ2n) is 11.5. The smallest absolute Gasteiger partial charge is 0.394 e. The second kappa shape index (κ2) is 13.3. The summed E-state index contributed by atoms with van der Waals surface area (Å²) in [7, 11) is 0. The number of hydrogen-bond acceptors (Lipinski definition) is 4. The van der Waals surface area contributed by atoms with E-state index in [4.69, 9.17) is 0 Å². The number of hydrogen-bond donors (Lipinski definition) is 1. The van der Waals surface area contributed by atoms with Gasteiger partial charge in [0.15, 0.2) is 0 Å². The van der Waals surface area contributed by atoms with Crippen molar-refractivity contribution in [2.24, 2.45) is 0 Å². The van der Waals surface area contributed by atoms with Crippen LogP contribution in [0.25, 0.3) is 0 Å². The molecule has 236 valence electrons. The topological polar surface area (TPSA) is 47.0 Å². The Bertz CT molecular complexity index is 1360. The summed E-state index contributed by atoms with van der Waals surface area (Å²) < 4.78 is 81.3. The Morgan fingerprint density at radius 2 is 1.36 bits per heavy atom. The van der Waals surface area contributed by atoms with Gasteiger partial charge in [-0.2, -0.15) is 26.3 Å². The molecule has 2 aliphatic heterocycles. The Kier molecular flexibility index (Phi) is 9.67. The summed E-state index contributed by atoms with van der Waals surface area (Å²) in [6.07, 6.45) is -8.57. The standard InChI is InChI=1S/C33H35F6N3O2/c34-32(35,36)26-18-25(19-27(20-26)33(37,38)39)31(44)42-12-11-28(21-29(42)17-23-7-3-1-4-8-23)40-13-15-41(16-14-40)30(22-43)24-9-5-2-6-10-24/h1-10,18-20,28-30,43H,11-17,21-22H2/t28-,29-,30?/m1/s1. The SMILES string of the molecule is O=C(c1cc(C(F)(F)F)cc(C(F)(F)F)c1)N1CC[C@@H](N2CCN(C(CO)c3ccccc3)CC2)C[C@H]1Cc1ccccc1. The minimum atomic E-state index is -5.04. The van der Waals surface area contributed by atoms with E-state index in [2.05, 4.69) is 9.80 Å². The number of aliphatic hydroxyl groups excluding tert-OH is 1. The van der Waals surface area contributed by atoms with Gasteiger partial charge < -0.3 is 10.0 Å². The summed E-state index contributed by atoms with van der Waals surface area (Å²) in [5.41, 5.74) is -1.65. The molecule has 11 heteroatoms. The summed E-state index contributed by atoms with van der Waals surface area (Å²) in [4.78, 5) is 19.7. The summed E-state index contributed by atoms with van der Waals surface area (Å²) in [6.45, 7) is 3.14. The average Bonchev–Trinajstić information content (AvgIpc) is 3.01. The third-order valence-electron chi connectivity index (χ3n) is 8.76. The van der Waals surface area contributed by atoms with Crippen molar-refractivity contribution >= 4 is 5.91 Å². The molecule has 3 atom stereocenters. The average molecular weight is 620 g/mol. The number of nitrogens with zero attached hydrogens (tertiary/aromatic N) is 3. The van der Waals surface area contributed by atoms with E-state index < -0.39 is 41.0 Å². The quantitative estimate of drug-likeness (QED) is 0.316. The van der Waals surface area contributed by atoms with Crippen LogP contribution in [-0.2, 0) is 18.8 Å². The number of halogens is 6. The fourth-order valence-corrected chi connectivity index (χ4v) is 6.47. The molecule has 3 aromatic carbocycles. The maximum Gasteiger partial charge on any atom is 0.416 e. The Hall–Kier alpha value is -3.41. The zero-order chi connectivity index (χ0) is 31.5. The number of aliphatic hydroxyl groups is 1. The molecule has 0 saturated carbocycles. The number of carbonyl (C=O) groups excluding carboxylic acids is 1. The van der Waals surface area contributed by atoms with E-state index in [1.54, 1.807) is 0 Å². The normalized spacial score (nSPS) is 21.3. The molecular weight excluding hydrogens is 584 g/mol. The van der Waals surface area contributed by atoms with E-state index >= 15 is 0 Å². The first-order valence-corrected chi connectivity index (χ1v) is 14.7. The van der Waals surface area contributed by atoms with Crippen molar-refractivity contribution in [2.45, 2.75) is 49.7 Å². The molecule has 1 N–H and O–H groups in total. The van der Waals surface area contributed by atoms with Gasteiger partial charge in [0.2, 0.25) is 0 Å². The number of alkyl halides is 6. The highest BCUT2D eigenvalue weighted by Gasteiger charge is 2.40. The number of amides is 1. The molecule has 3 aromatic rings. The van der Waals surface area contributed by atoms with E-state index in [9.17, 15) is 36.2 Å². The highest BCUT2D eigenvalue weighted by Crippen LogP contribution is 2.37. The third kappa shape index (κ3) is 7.44. The minimum Gasteiger partial charge on any atom is -0.394 e. The third-order valence-corrected chi connectivity index (χ3v) is 8.76. The fourth-order valence-electron chi connectivity index (χ4n) is 6.47. The second-order valence-corrected chi connectivity index (χ2v) is 11.5. The first-order chi connectivity index (χ1) is 20.9. The van der Waals surface area contributed by atoms with Crippen LogP contribution in [0.15, 0.2) is 78.9 Å². The maximum atomic E-state index is 13.7. The van der Waals surface area contributed by atoms with Gasteiger partial charge in [-0.25, -0.2) is 0 Å². The number of benzene rings is 3. The summed E-state index contributed by atoms with van der Waals surface area (Å²) in [5.74, 6) is -0.834. The fraction of sp³-hybridized carbons (Fsp3) is 0.424. The minimum absolute atomic E-state index is 0.00471. The van der Waals surface area contributed by atoms with Gasteiger partial charge in [0.1, 0.15) is 0 Å². The van der Waals surface area contributed by atoms with Crippen LogP contribution in [0.2, 0.25) is 0 Å². The molecule has 0 bridgehead atoms.